The Morgan fingerprint density at radius 1 is 1.11 bits per heavy atom. The molecule has 2 N–H and O–H groups in total. The van der Waals surface area contributed by atoms with Gasteiger partial charge in [0.05, 0.1) is 31.7 Å². The summed E-state index contributed by atoms with van der Waals surface area (Å²) in [6.07, 6.45) is 1.15. The van der Waals surface area contributed by atoms with Gasteiger partial charge >= 0.3 is 0 Å². The van der Waals surface area contributed by atoms with Gasteiger partial charge in [0.2, 0.25) is 5.91 Å². The van der Waals surface area contributed by atoms with E-state index in [0.717, 1.165) is 34.5 Å². The number of carbonyl (C=O) groups is 1. The Labute approximate surface area is 158 Å². The highest BCUT2D eigenvalue weighted by Gasteiger charge is 2.10. The molecule has 6 heteroatoms. The van der Waals surface area contributed by atoms with Crippen LogP contribution in [0.3, 0.4) is 0 Å². The first kappa shape index (κ1) is 18.8. The molecule has 0 aliphatic carbocycles. The van der Waals surface area contributed by atoms with Gasteiger partial charge in [-0.15, -0.1) is 0 Å². The molecule has 0 aliphatic rings. The molecule has 142 valence electrons. The first-order valence-electron chi connectivity index (χ1n) is 8.98. The number of amides is 1. The Hall–Kier alpha value is -3.02. The maximum atomic E-state index is 12.4. The van der Waals surface area contributed by atoms with Crippen LogP contribution in [0.4, 0.5) is 5.69 Å². The minimum atomic E-state index is -0.0940. The van der Waals surface area contributed by atoms with E-state index in [0.29, 0.717) is 17.4 Å². The summed E-state index contributed by atoms with van der Waals surface area (Å²) >= 11 is 0. The number of anilines is 1. The van der Waals surface area contributed by atoms with E-state index in [2.05, 4.69) is 29.1 Å². The predicted molar refractivity (Wildman–Crippen MR) is 107 cm³/mol. The van der Waals surface area contributed by atoms with Crippen LogP contribution in [0, 0.1) is 5.92 Å². The highest BCUT2D eigenvalue weighted by atomic mass is 16.5. The summed E-state index contributed by atoms with van der Waals surface area (Å²) in [5.74, 6) is 2.66. The number of hydrogen-bond acceptors (Lipinski definition) is 4. The third kappa shape index (κ3) is 4.58. The van der Waals surface area contributed by atoms with Crippen molar-refractivity contribution in [3.05, 3.63) is 47.8 Å². The summed E-state index contributed by atoms with van der Waals surface area (Å²) in [7, 11) is 3.16. The van der Waals surface area contributed by atoms with Crippen molar-refractivity contribution in [2.24, 2.45) is 5.92 Å². The number of ether oxygens (including phenoxy) is 2. The molecule has 0 spiro atoms. The second-order valence-corrected chi connectivity index (χ2v) is 6.93. The number of fused-ring (bicyclic) bond motifs is 1. The molecule has 27 heavy (non-hydrogen) atoms. The second-order valence-electron chi connectivity index (χ2n) is 6.93. The number of carbonyl (C=O) groups excluding carboxylic acids is 1. The van der Waals surface area contributed by atoms with Crippen LogP contribution >= 0.6 is 0 Å². The van der Waals surface area contributed by atoms with E-state index in [1.54, 1.807) is 20.3 Å². The Bertz CT molecular complexity index is 947. The molecule has 1 amide bonds. The van der Waals surface area contributed by atoms with Crippen LogP contribution in [0.25, 0.3) is 11.0 Å². The maximum absolute atomic E-state index is 12.4. The molecule has 0 bridgehead atoms. The summed E-state index contributed by atoms with van der Waals surface area (Å²) in [6, 6.07) is 11.2. The first-order chi connectivity index (χ1) is 13.0. The molecule has 0 radical (unpaired) electrons. The van der Waals surface area contributed by atoms with E-state index in [-0.39, 0.29) is 12.3 Å². The lowest BCUT2D eigenvalue weighted by Crippen LogP contribution is -2.14. The van der Waals surface area contributed by atoms with Crippen LogP contribution in [-0.2, 0) is 17.6 Å². The molecular formula is C21H25N3O3. The van der Waals surface area contributed by atoms with E-state index in [1.165, 1.54) is 0 Å². The molecule has 0 fully saturated rings. The minimum Gasteiger partial charge on any atom is -0.493 e. The summed E-state index contributed by atoms with van der Waals surface area (Å²) < 4.78 is 10.5. The average molecular weight is 367 g/mol. The van der Waals surface area contributed by atoms with Gasteiger partial charge in [-0.25, -0.2) is 4.98 Å². The van der Waals surface area contributed by atoms with Crippen molar-refractivity contribution in [2.45, 2.75) is 26.7 Å². The van der Waals surface area contributed by atoms with Gasteiger partial charge in [-0.2, -0.15) is 0 Å². The van der Waals surface area contributed by atoms with Gasteiger partial charge in [0.15, 0.2) is 11.5 Å². The number of nitrogens with one attached hydrogen (secondary N) is 2. The molecule has 0 aliphatic heterocycles. The van der Waals surface area contributed by atoms with Crippen LogP contribution in [-0.4, -0.2) is 30.1 Å². The zero-order chi connectivity index (χ0) is 19.4. The van der Waals surface area contributed by atoms with Crippen molar-refractivity contribution in [1.29, 1.82) is 0 Å². The Kier molecular flexibility index (Phi) is 5.64. The van der Waals surface area contributed by atoms with Crippen molar-refractivity contribution < 1.29 is 14.3 Å². The van der Waals surface area contributed by atoms with E-state index in [9.17, 15) is 4.79 Å². The van der Waals surface area contributed by atoms with E-state index < -0.39 is 0 Å². The molecular weight excluding hydrogens is 342 g/mol. The van der Waals surface area contributed by atoms with Crippen LogP contribution in [0.5, 0.6) is 11.5 Å². The molecule has 0 saturated carbocycles. The van der Waals surface area contributed by atoms with Crippen molar-refractivity contribution in [1.82, 2.24) is 9.97 Å². The molecule has 0 atom stereocenters. The SMILES string of the molecule is COc1ccc(CC(=O)Nc2ccc3nc(CC(C)C)[nH]c3c2)cc1OC. The monoisotopic (exact) mass is 367 g/mol. The van der Waals surface area contributed by atoms with Crippen LogP contribution in [0.15, 0.2) is 36.4 Å². The van der Waals surface area contributed by atoms with Gasteiger partial charge in [-0.3, -0.25) is 4.79 Å². The summed E-state index contributed by atoms with van der Waals surface area (Å²) in [5.41, 5.74) is 3.43. The van der Waals surface area contributed by atoms with Crippen molar-refractivity contribution in [3.63, 3.8) is 0 Å². The molecule has 6 nitrogen and oxygen atoms in total. The quantitative estimate of drug-likeness (QED) is 0.663. The summed E-state index contributed by atoms with van der Waals surface area (Å²) in [6.45, 7) is 4.32. The first-order valence-corrected chi connectivity index (χ1v) is 8.98. The number of methoxy groups -OCH3 is 2. The lowest BCUT2D eigenvalue weighted by atomic mass is 10.1. The van der Waals surface area contributed by atoms with Gasteiger partial charge in [0, 0.05) is 12.1 Å². The lowest BCUT2D eigenvalue weighted by Gasteiger charge is -2.10. The summed E-state index contributed by atoms with van der Waals surface area (Å²) in [4.78, 5) is 20.3. The fourth-order valence-corrected chi connectivity index (χ4v) is 3.00. The number of hydrogen-bond donors (Lipinski definition) is 2. The number of aromatic nitrogens is 2. The zero-order valence-electron chi connectivity index (χ0n) is 16.1. The summed E-state index contributed by atoms with van der Waals surface area (Å²) in [5, 5.41) is 2.94. The number of H-pyrrole nitrogens is 1. The van der Waals surface area contributed by atoms with Crippen molar-refractivity contribution >= 4 is 22.6 Å². The fraction of sp³-hybridized carbons (Fsp3) is 0.333. The number of rotatable bonds is 7. The smallest absolute Gasteiger partial charge is 0.228 e. The lowest BCUT2D eigenvalue weighted by molar-refractivity contribution is -0.115. The van der Waals surface area contributed by atoms with Crippen LogP contribution < -0.4 is 14.8 Å². The van der Waals surface area contributed by atoms with E-state index >= 15 is 0 Å². The minimum absolute atomic E-state index is 0.0940. The molecule has 2 aromatic carbocycles. The van der Waals surface area contributed by atoms with Gasteiger partial charge < -0.3 is 19.8 Å². The van der Waals surface area contributed by atoms with Gasteiger partial charge in [-0.1, -0.05) is 19.9 Å². The number of nitrogens with zero attached hydrogens (tertiary/aromatic N) is 1. The zero-order valence-corrected chi connectivity index (χ0v) is 16.1. The second kappa shape index (κ2) is 8.12. The highest BCUT2D eigenvalue weighted by Crippen LogP contribution is 2.28. The number of benzene rings is 2. The number of aromatic amines is 1. The molecule has 0 unspecified atom stereocenters. The third-order valence-electron chi connectivity index (χ3n) is 4.23. The predicted octanol–water partition coefficient (Wildman–Crippen LogP) is 3.96. The standard InChI is InChI=1S/C21H25N3O3/c1-13(2)9-20-23-16-7-6-15(12-17(16)24-20)22-21(25)11-14-5-8-18(26-3)19(10-14)27-4/h5-8,10,12-13H,9,11H2,1-4H3,(H,22,25)(H,23,24). The Balaban J connectivity index is 1.70. The third-order valence-corrected chi connectivity index (χ3v) is 4.23. The average Bonchev–Trinajstić information content (AvgIpc) is 3.02. The van der Waals surface area contributed by atoms with Crippen molar-refractivity contribution in [3.8, 4) is 11.5 Å². The molecule has 3 aromatic rings. The van der Waals surface area contributed by atoms with Gasteiger partial charge in [0.1, 0.15) is 5.82 Å². The molecule has 1 heterocycles. The Morgan fingerprint density at radius 2 is 1.89 bits per heavy atom. The Morgan fingerprint density at radius 3 is 2.59 bits per heavy atom. The molecule has 0 saturated heterocycles. The fourth-order valence-electron chi connectivity index (χ4n) is 3.00. The molecule has 3 rings (SSSR count). The van der Waals surface area contributed by atoms with Crippen LogP contribution in [0.1, 0.15) is 25.2 Å². The number of imidazole rings is 1. The largest absolute Gasteiger partial charge is 0.493 e. The van der Waals surface area contributed by atoms with Gasteiger partial charge in [-0.05, 0) is 41.8 Å². The van der Waals surface area contributed by atoms with Gasteiger partial charge in [0.25, 0.3) is 0 Å². The van der Waals surface area contributed by atoms with Crippen molar-refractivity contribution in [2.75, 3.05) is 19.5 Å². The van der Waals surface area contributed by atoms with Crippen LogP contribution in [0.2, 0.25) is 0 Å². The van der Waals surface area contributed by atoms with E-state index in [4.69, 9.17) is 9.47 Å². The topological polar surface area (TPSA) is 76.2 Å². The maximum Gasteiger partial charge on any atom is 0.228 e. The van der Waals surface area contributed by atoms with E-state index in [1.807, 2.05) is 30.3 Å². The normalized spacial score (nSPS) is 11.0. The highest BCUT2D eigenvalue weighted by molar-refractivity contribution is 5.94. The molecule has 1 aromatic heterocycles.